The highest BCUT2D eigenvalue weighted by Gasteiger charge is 2.18. The fraction of sp³-hybridized carbons (Fsp3) is 0.412. The van der Waals surface area contributed by atoms with E-state index >= 15 is 0 Å². The number of aromatic nitrogens is 2. The first-order valence-corrected chi connectivity index (χ1v) is 7.43. The summed E-state index contributed by atoms with van der Waals surface area (Å²) in [7, 11) is 1.88. The second-order valence-electron chi connectivity index (χ2n) is 5.49. The molecule has 1 amide bonds. The maximum absolute atomic E-state index is 13.3. The summed E-state index contributed by atoms with van der Waals surface area (Å²) in [4.78, 5) is 14.3. The first kappa shape index (κ1) is 16.2. The highest BCUT2D eigenvalue weighted by Crippen LogP contribution is 2.15. The number of amides is 1. The van der Waals surface area contributed by atoms with E-state index in [9.17, 15) is 9.18 Å². The van der Waals surface area contributed by atoms with Gasteiger partial charge < -0.3 is 4.90 Å². The molecule has 22 heavy (non-hydrogen) atoms. The molecule has 0 radical (unpaired) electrons. The zero-order chi connectivity index (χ0) is 16.3. The van der Waals surface area contributed by atoms with Crippen molar-refractivity contribution in [3.8, 4) is 0 Å². The molecule has 118 valence electrons. The van der Waals surface area contributed by atoms with Crippen molar-refractivity contribution in [1.82, 2.24) is 14.7 Å². The Morgan fingerprint density at radius 3 is 2.64 bits per heavy atom. The Morgan fingerprint density at radius 1 is 1.36 bits per heavy atom. The molecule has 0 bridgehead atoms. The Bertz CT molecular complexity index is 679. The van der Waals surface area contributed by atoms with Gasteiger partial charge in [0, 0.05) is 31.4 Å². The minimum Gasteiger partial charge on any atom is -0.338 e. The largest absolute Gasteiger partial charge is 0.338 e. The molecule has 1 aromatic heterocycles. The van der Waals surface area contributed by atoms with E-state index in [1.165, 1.54) is 12.1 Å². The molecule has 0 N–H and O–H groups in total. The van der Waals surface area contributed by atoms with Crippen molar-refractivity contribution in [2.75, 3.05) is 6.54 Å². The number of carbonyl (C=O) groups is 1. The van der Waals surface area contributed by atoms with Crippen molar-refractivity contribution in [2.24, 2.45) is 7.05 Å². The van der Waals surface area contributed by atoms with Gasteiger partial charge in [0.15, 0.2) is 0 Å². The van der Waals surface area contributed by atoms with E-state index < -0.39 is 0 Å². The van der Waals surface area contributed by atoms with Crippen LogP contribution in [0.25, 0.3) is 0 Å². The van der Waals surface area contributed by atoms with Gasteiger partial charge in [-0.2, -0.15) is 5.10 Å². The summed E-state index contributed by atoms with van der Waals surface area (Å²) in [6.45, 7) is 6.82. The Hall–Kier alpha value is -2.17. The fourth-order valence-electron chi connectivity index (χ4n) is 2.57. The van der Waals surface area contributed by atoms with Crippen molar-refractivity contribution < 1.29 is 9.18 Å². The van der Waals surface area contributed by atoms with Crippen molar-refractivity contribution >= 4 is 5.91 Å². The van der Waals surface area contributed by atoms with Gasteiger partial charge >= 0.3 is 0 Å². The lowest BCUT2D eigenvalue weighted by Gasteiger charge is -2.21. The number of hydrogen-bond donors (Lipinski definition) is 0. The molecule has 0 unspecified atom stereocenters. The summed E-state index contributed by atoms with van der Waals surface area (Å²) in [6, 6.07) is 6.37. The number of likely N-dealkylation sites (N-methyl/N-ethyl adjacent to an activating group) is 1. The number of aryl methyl sites for hydroxylation is 2. The summed E-state index contributed by atoms with van der Waals surface area (Å²) in [5, 5.41) is 4.34. The van der Waals surface area contributed by atoms with E-state index in [1.54, 1.807) is 15.6 Å². The zero-order valence-corrected chi connectivity index (χ0v) is 13.6. The second-order valence-corrected chi connectivity index (χ2v) is 5.49. The lowest BCUT2D eigenvalue weighted by Crippen LogP contribution is -2.31. The monoisotopic (exact) mass is 303 g/mol. The van der Waals surface area contributed by atoms with Crippen LogP contribution in [0.5, 0.6) is 0 Å². The molecule has 0 aliphatic heterocycles. The van der Waals surface area contributed by atoms with Crippen LogP contribution in [0.3, 0.4) is 0 Å². The Balaban J connectivity index is 2.12. The van der Waals surface area contributed by atoms with Gasteiger partial charge in [0.25, 0.3) is 0 Å². The summed E-state index contributed by atoms with van der Waals surface area (Å²) in [5.74, 6) is -0.245. The number of carbonyl (C=O) groups excluding carboxylic acids is 1. The van der Waals surface area contributed by atoms with E-state index in [0.717, 1.165) is 22.5 Å². The molecule has 2 aromatic rings. The van der Waals surface area contributed by atoms with Crippen LogP contribution in [0.4, 0.5) is 4.39 Å². The third kappa shape index (κ3) is 3.53. The van der Waals surface area contributed by atoms with Crippen LogP contribution in [0.2, 0.25) is 0 Å². The highest BCUT2D eigenvalue weighted by atomic mass is 19.1. The molecule has 5 heteroatoms. The predicted molar refractivity (Wildman–Crippen MR) is 83.9 cm³/mol. The molecular formula is C17H22FN3O. The van der Waals surface area contributed by atoms with Crippen LogP contribution in [-0.4, -0.2) is 27.1 Å². The lowest BCUT2D eigenvalue weighted by molar-refractivity contribution is -0.130. The van der Waals surface area contributed by atoms with Gasteiger partial charge in [0.1, 0.15) is 5.82 Å². The zero-order valence-electron chi connectivity index (χ0n) is 13.6. The molecule has 1 aromatic carbocycles. The molecule has 0 aliphatic carbocycles. The van der Waals surface area contributed by atoms with Crippen LogP contribution in [0.15, 0.2) is 24.3 Å². The van der Waals surface area contributed by atoms with Crippen molar-refractivity contribution in [3.63, 3.8) is 0 Å². The predicted octanol–water partition coefficient (Wildman–Crippen LogP) is 2.77. The highest BCUT2D eigenvalue weighted by molar-refractivity contribution is 5.79. The first-order chi connectivity index (χ1) is 10.4. The number of nitrogens with zero attached hydrogens (tertiary/aromatic N) is 3. The summed E-state index contributed by atoms with van der Waals surface area (Å²) in [5.41, 5.74) is 3.67. The van der Waals surface area contributed by atoms with Gasteiger partial charge in [-0.15, -0.1) is 0 Å². The maximum Gasteiger partial charge on any atom is 0.227 e. The van der Waals surface area contributed by atoms with Gasteiger partial charge in [-0.3, -0.25) is 9.48 Å². The first-order valence-electron chi connectivity index (χ1n) is 7.43. The Kier molecular flexibility index (Phi) is 4.96. The number of benzene rings is 1. The second kappa shape index (κ2) is 6.73. The molecular weight excluding hydrogens is 281 g/mol. The van der Waals surface area contributed by atoms with E-state index in [0.29, 0.717) is 19.5 Å². The third-order valence-corrected chi connectivity index (χ3v) is 3.98. The number of hydrogen-bond acceptors (Lipinski definition) is 2. The molecule has 0 saturated carbocycles. The van der Waals surface area contributed by atoms with Crippen molar-refractivity contribution in [1.29, 1.82) is 0 Å². The SMILES string of the molecule is CCN(Cc1cccc(F)c1)C(=O)Cc1c(C)nn(C)c1C. The number of rotatable bonds is 5. The fourth-order valence-corrected chi connectivity index (χ4v) is 2.57. The standard InChI is InChI=1S/C17H22FN3O/c1-5-21(11-14-7-6-8-15(18)9-14)17(22)10-16-12(2)19-20(4)13(16)3/h6-9H,5,10-11H2,1-4H3. The van der Waals surface area contributed by atoms with Crippen molar-refractivity contribution in [3.05, 3.63) is 52.6 Å². The quantitative estimate of drug-likeness (QED) is 0.852. The summed E-state index contributed by atoms with van der Waals surface area (Å²) < 4.78 is 15.1. The summed E-state index contributed by atoms with van der Waals surface area (Å²) in [6.07, 6.45) is 0.328. The van der Waals surface area contributed by atoms with Gasteiger partial charge in [-0.05, 0) is 38.5 Å². The molecule has 0 aliphatic rings. The van der Waals surface area contributed by atoms with Gasteiger partial charge in [0.05, 0.1) is 12.1 Å². The summed E-state index contributed by atoms with van der Waals surface area (Å²) >= 11 is 0. The van der Waals surface area contributed by atoms with E-state index in [4.69, 9.17) is 0 Å². The lowest BCUT2D eigenvalue weighted by atomic mass is 10.1. The van der Waals surface area contributed by atoms with Gasteiger partial charge in [-0.1, -0.05) is 12.1 Å². The Morgan fingerprint density at radius 2 is 2.09 bits per heavy atom. The molecule has 4 nitrogen and oxygen atoms in total. The minimum absolute atomic E-state index is 0.0333. The molecule has 0 spiro atoms. The normalized spacial score (nSPS) is 10.8. The van der Waals surface area contributed by atoms with Crippen LogP contribution < -0.4 is 0 Å². The molecule has 0 saturated heterocycles. The minimum atomic E-state index is -0.278. The van der Waals surface area contributed by atoms with Crippen molar-refractivity contribution in [2.45, 2.75) is 33.7 Å². The Labute approximate surface area is 130 Å². The molecule has 1 heterocycles. The van der Waals surface area contributed by atoms with Gasteiger partial charge in [-0.25, -0.2) is 4.39 Å². The third-order valence-electron chi connectivity index (χ3n) is 3.98. The average molecular weight is 303 g/mol. The van der Waals surface area contributed by atoms with E-state index in [1.807, 2.05) is 33.9 Å². The van der Waals surface area contributed by atoms with Crippen LogP contribution in [0.1, 0.15) is 29.4 Å². The van der Waals surface area contributed by atoms with Crippen LogP contribution in [0, 0.1) is 19.7 Å². The van der Waals surface area contributed by atoms with E-state index in [2.05, 4.69) is 5.10 Å². The van der Waals surface area contributed by atoms with Crippen LogP contribution >= 0.6 is 0 Å². The van der Waals surface area contributed by atoms with Crippen LogP contribution in [-0.2, 0) is 24.8 Å². The molecule has 0 fully saturated rings. The molecule has 0 atom stereocenters. The number of halogens is 1. The maximum atomic E-state index is 13.3. The van der Waals surface area contributed by atoms with E-state index in [-0.39, 0.29) is 11.7 Å². The van der Waals surface area contributed by atoms with Gasteiger partial charge in [0.2, 0.25) is 5.91 Å². The smallest absolute Gasteiger partial charge is 0.227 e. The molecule has 2 rings (SSSR count). The topological polar surface area (TPSA) is 38.1 Å². The average Bonchev–Trinajstić information content (AvgIpc) is 2.71.